The maximum absolute atomic E-state index is 12.7. The molecule has 140 valence electrons. The number of carbonyl (C=O) groups is 1. The summed E-state index contributed by atoms with van der Waals surface area (Å²) in [6, 6.07) is 17.7. The Bertz CT molecular complexity index is 1100. The van der Waals surface area contributed by atoms with Crippen LogP contribution >= 0.6 is 11.3 Å². The van der Waals surface area contributed by atoms with Crippen molar-refractivity contribution in [2.45, 2.75) is 19.8 Å². The van der Waals surface area contributed by atoms with Gasteiger partial charge in [-0.2, -0.15) is 5.10 Å². The van der Waals surface area contributed by atoms with E-state index in [1.807, 2.05) is 60.8 Å². The van der Waals surface area contributed by atoms with Gasteiger partial charge < -0.3 is 5.32 Å². The Morgan fingerprint density at radius 2 is 1.82 bits per heavy atom. The second kappa shape index (κ2) is 7.78. The second-order valence-corrected chi connectivity index (χ2v) is 7.60. The molecule has 0 radical (unpaired) electrons. The summed E-state index contributed by atoms with van der Waals surface area (Å²) in [4.78, 5) is 17.2. The second-order valence-electron chi connectivity index (χ2n) is 6.74. The van der Waals surface area contributed by atoms with Crippen LogP contribution < -0.4 is 5.32 Å². The molecule has 0 bridgehead atoms. The van der Waals surface area contributed by atoms with Gasteiger partial charge in [0, 0.05) is 22.8 Å². The van der Waals surface area contributed by atoms with Gasteiger partial charge in [-0.15, -0.1) is 11.3 Å². The highest BCUT2D eigenvalue weighted by molar-refractivity contribution is 7.13. The number of hydrogen-bond acceptors (Lipinski definition) is 4. The molecule has 2 aromatic heterocycles. The first-order valence-electron chi connectivity index (χ1n) is 9.08. The van der Waals surface area contributed by atoms with Gasteiger partial charge in [0.15, 0.2) is 0 Å². The van der Waals surface area contributed by atoms with Crippen LogP contribution in [0.4, 0.5) is 5.69 Å². The van der Waals surface area contributed by atoms with E-state index in [1.54, 1.807) is 16.3 Å². The van der Waals surface area contributed by atoms with Crippen LogP contribution in [0.15, 0.2) is 72.4 Å². The Kier molecular flexibility index (Phi) is 5.04. The standard InChI is InChI=1S/C22H20N4OS/c1-15(2)18-10-6-7-11-19(18)24-21(27)20-14-28-22(25-20)16-12-23-26(13-16)17-8-4-3-5-9-17/h3-15H,1-2H3,(H,24,27). The molecule has 0 aliphatic rings. The molecule has 28 heavy (non-hydrogen) atoms. The minimum absolute atomic E-state index is 0.203. The van der Waals surface area contributed by atoms with Gasteiger partial charge in [-0.1, -0.05) is 50.2 Å². The molecule has 2 aromatic carbocycles. The van der Waals surface area contributed by atoms with Crippen molar-refractivity contribution >= 4 is 22.9 Å². The topological polar surface area (TPSA) is 59.8 Å². The molecule has 5 nitrogen and oxygen atoms in total. The molecule has 0 aliphatic carbocycles. The van der Waals surface area contributed by atoms with Crippen LogP contribution in [0.3, 0.4) is 0 Å². The van der Waals surface area contributed by atoms with E-state index >= 15 is 0 Å². The molecule has 0 fully saturated rings. The number of amides is 1. The van der Waals surface area contributed by atoms with Crippen molar-refractivity contribution in [3.8, 4) is 16.3 Å². The van der Waals surface area contributed by atoms with Gasteiger partial charge in [-0.3, -0.25) is 4.79 Å². The van der Waals surface area contributed by atoms with E-state index < -0.39 is 0 Å². The van der Waals surface area contributed by atoms with E-state index in [1.165, 1.54) is 11.3 Å². The van der Waals surface area contributed by atoms with Crippen LogP contribution in [0.2, 0.25) is 0 Å². The number of nitrogens with one attached hydrogen (secondary N) is 1. The summed E-state index contributed by atoms with van der Waals surface area (Å²) in [5, 5.41) is 9.94. The van der Waals surface area contributed by atoms with Gasteiger partial charge in [0.1, 0.15) is 10.7 Å². The summed E-state index contributed by atoms with van der Waals surface area (Å²) < 4.78 is 1.80. The van der Waals surface area contributed by atoms with Crippen LogP contribution in [0.1, 0.15) is 35.8 Å². The molecule has 0 unspecified atom stereocenters. The largest absolute Gasteiger partial charge is 0.320 e. The van der Waals surface area contributed by atoms with Crippen LogP contribution in [0.25, 0.3) is 16.3 Å². The smallest absolute Gasteiger partial charge is 0.275 e. The van der Waals surface area contributed by atoms with Gasteiger partial charge in [-0.25, -0.2) is 9.67 Å². The fourth-order valence-corrected chi connectivity index (χ4v) is 3.74. The average molecular weight is 388 g/mol. The van der Waals surface area contributed by atoms with Crippen molar-refractivity contribution in [2.24, 2.45) is 0 Å². The first kappa shape index (κ1) is 18.1. The summed E-state index contributed by atoms with van der Waals surface area (Å²) in [6.07, 6.45) is 3.69. The van der Waals surface area contributed by atoms with Crippen molar-refractivity contribution in [3.05, 3.63) is 83.6 Å². The number of thiazole rings is 1. The SMILES string of the molecule is CC(C)c1ccccc1NC(=O)c1csc(-c2cnn(-c3ccccc3)c2)n1. The molecule has 0 saturated carbocycles. The summed E-state index contributed by atoms with van der Waals surface area (Å²) >= 11 is 1.44. The zero-order valence-electron chi connectivity index (χ0n) is 15.7. The lowest BCUT2D eigenvalue weighted by Gasteiger charge is -2.12. The molecular formula is C22H20N4OS. The van der Waals surface area contributed by atoms with E-state index in [9.17, 15) is 4.79 Å². The first-order chi connectivity index (χ1) is 13.6. The van der Waals surface area contributed by atoms with Gasteiger partial charge in [0.05, 0.1) is 11.9 Å². The number of hydrogen-bond donors (Lipinski definition) is 1. The maximum Gasteiger partial charge on any atom is 0.275 e. The Morgan fingerprint density at radius 1 is 1.07 bits per heavy atom. The van der Waals surface area contributed by atoms with E-state index in [0.29, 0.717) is 11.6 Å². The molecule has 0 spiro atoms. The molecule has 0 atom stereocenters. The molecule has 1 N–H and O–H groups in total. The van der Waals surface area contributed by atoms with Crippen molar-refractivity contribution in [3.63, 3.8) is 0 Å². The predicted octanol–water partition coefficient (Wildman–Crippen LogP) is 5.37. The number of anilines is 1. The third kappa shape index (κ3) is 3.73. The monoisotopic (exact) mass is 388 g/mol. The maximum atomic E-state index is 12.7. The number of nitrogens with zero attached hydrogens (tertiary/aromatic N) is 3. The summed E-state index contributed by atoms with van der Waals surface area (Å²) in [7, 11) is 0. The number of carbonyl (C=O) groups excluding carboxylic acids is 1. The van der Waals surface area contributed by atoms with Crippen LogP contribution in [0, 0.1) is 0 Å². The van der Waals surface area contributed by atoms with E-state index in [2.05, 4.69) is 29.2 Å². The molecular weight excluding hydrogens is 368 g/mol. The zero-order valence-corrected chi connectivity index (χ0v) is 16.5. The molecule has 1 amide bonds. The van der Waals surface area contributed by atoms with Crippen LogP contribution in [-0.4, -0.2) is 20.7 Å². The molecule has 6 heteroatoms. The van der Waals surface area contributed by atoms with Crippen molar-refractivity contribution in [1.82, 2.24) is 14.8 Å². The lowest BCUT2D eigenvalue weighted by Crippen LogP contribution is -2.14. The summed E-state index contributed by atoms with van der Waals surface area (Å²) in [5.74, 6) is 0.123. The molecule has 0 aliphatic heterocycles. The minimum atomic E-state index is -0.203. The van der Waals surface area contributed by atoms with Crippen molar-refractivity contribution in [1.29, 1.82) is 0 Å². The van der Waals surface area contributed by atoms with Gasteiger partial charge >= 0.3 is 0 Å². The van der Waals surface area contributed by atoms with Crippen molar-refractivity contribution in [2.75, 3.05) is 5.32 Å². The van der Waals surface area contributed by atoms with E-state index in [4.69, 9.17) is 0 Å². The number of aromatic nitrogens is 3. The van der Waals surface area contributed by atoms with Gasteiger partial charge in [0.2, 0.25) is 0 Å². The van der Waals surface area contributed by atoms with Crippen LogP contribution in [0.5, 0.6) is 0 Å². The number of rotatable bonds is 5. The highest BCUT2D eigenvalue weighted by Crippen LogP contribution is 2.27. The third-order valence-electron chi connectivity index (χ3n) is 4.42. The molecule has 4 rings (SSSR count). The Hall–Kier alpha value is -3.25. The van der Waals surface area contributed by atoms with E-state index in [0.717, 1.165) is 27.5 Å². The Labute approximate surface area is 167 Å². The number of para-hydroxylation sites is 2. The summed E-state index contributed by atoms with van der Waals surface area (Å²) in [5.41, 5.74) is 4.21. The highest BCUT2D eigenvalue weighted by Gasteiger charge is 2.15. The zero-order chi connectivity index (χ0) is 19.5. The lowest BCUT2D eigenvalue weighted by atomic mass is 10.0. The van der Waals surface area contributed by atoms with Gasteiger partial charge in [0.25, 0.3) is 5.91 Å². The Morgan fingerprint density at radius 3 is 2.61 bits per heavy atom. The Balaban J connectivity index is 1.54. The van der Waals surface area contributed by atoms with Crippen molar-refractivity contribution < 1.29 is 4.79 Å². The quantitative estimate of drug-likeness (QED) is 0.500. The number of benzene rings is 2. The molecule has 0 saturated heterocycles. The minimum Gasteiger partial charge on any atom is -0.320 e. The average Bonchev–Trinajstić information content (AvgIpc) is 3.38. The van der Waals surface area contributed by atoms with E-state index in [-0.39, 0.29) is 5.91 Å². The third-order valence-corrected chi connectivity index (χ3v) is 5.31. The summed E-state index contributed by atoms with van der Waals surface area (Å²) in [6.45, 7) is 4.21. The fraction of sp³-hybridized carbons (Fsp3) is 0.136. The highest BCUT2D eigenvalue weighted by atomic mass is 32.1. The molecule has 4 aromatic rings. The first-order valence-corrected chi connectivity index (χ1v) is 9.96. The fourth-order valence-electron chi connectivity index (χ4n) is 2.97. The normalized spacial score (nSPS) is 11.0. The van der Waals surface area contributed by atoms with Crippen LogP contribution in [-0.2, 0) is 0 Å². The predicted molar refractivity (Wildman–Crippen MR) is 113 cm³/mol. The molecule has 2 heterocycles. The lowest BCUT2D eigenvalue weighted by molar-refractivity contribution is 0.102. The van der Waals surface area contributed by atoms with Gasteiger partial charge in [-0.05, 0) is 29.7 Å².